The van der Waals surface area contributed by atoms with Crippen LogP contribution in [-0.4, -0.2) is 5.11 Å². The number of hydrogen-bond donors (Lipinski definition) is 1. The summed E-state index contributed by atoms with van der Waals surface area (Å²) >= 11 is 0. The molecule has 0 aromatic heterocycles. The Hall–Kier alpha value is -0.820. The second kappa shape index (κ2) is 8.31. The van der Waals surface area contributed by atoms with Gasteiger partial charge in [-0.1, -0.05) is 69.2 Å². The van der Waals surface area contributed by atoms with Crippen LogP contribution in [0.15, 0.2) is 18.2 Å². The normalized spacial score (nSPS) is 12.7. The van der Waals surface area contributed by atoms with E-state index in [-0.39, 0.29) is 6.10 Å². The second-order valence-corrected chi connectivity index (χ2v) is 5.43. The summed E-state index contributed by atoms with van der Waals surface area (Å²) in [5.41, 5.74) is 3.56. The van der Waals surface area contributed by atoms with Gasteiger partial charge >= 0.3 is 0 Å². The Balaban J connectivity index is 2.31. The van der Waals surface area contributed by atoms with Crippen molar-refractivity contribution in [3.8, 4) is 0 Å². The Morgan fingerprint density at radius 3 is 2.39 bits per heavy atom. The maximum absolute atomic E-state index is 10.2. The van der Waals surface area contributed by atoms with Crippen LogP contribution in [0.4, 0.5) is 0 Å². The smallest absolute Gasteiger partial charge is 0.0792 e. The Kier molecular flexibility index (Phi) is 7.04. The summed E-state index contributed by atoms with van der Waals surface area (Å²) in [5.74, 6) is 0. The predicted molar refractivity (Wildman–Crippen MR) is 78.9 cm³/mol. The van der Waals surface area contributed by atoms with E-state index in [0.717, 1.165) is 18.4 Å². The molecule has 1 N–H and O–H groups in total. The van der Waals surface area contributed by atoms with Crippen LogP contribution in [0.5, 0.6) is 0 Å². The molecular weight excluding hydrogens is 220 g/mol. The summed E-state index contributed by atoms with van der Waals surface area (Å²) in [6, 6.07) is 6.34. The average Bonchev–Trinajstić information content (AvgIpc) is 2.36. The molecule has 1 unspecified atom stereocenters. The van der Waals surface area contributed by atoms with Gasteiger partial charge in [-0.05, 0) is 31.4 Å². The zero-order valence-corrected chi connectivity index (χ0v) is 12.2. The Labute approximate surface area is 112 Å². The number of aliphatic hydroxyl groups excluding tert-OH is 1. The Bertz CT molecular complexity index is 343. The standard InChI is InChI=1S/C17H28O/c1-4-5-6-7-8-9-10-17(18)16-13-14(2)11-12-15(16)3/h11-13,17-18H,4-10H2,1-3H3. The maximum Gasteiger partial charge on any atom is 0.0792 e. The van der Waals surface area contributed by atoms with Crippen LogP contribution < -0.4 is 0 Å². The lowest BCUT2D eigenvalue weighted by molar-refractivity contribution is 0.162. The molecule has 102 valence electrons. The third-order valence-electron chi connectivity index (χ3n) is 3.62. The largest absolute Gasteiger partial charge is 0.388 e. The number of aliphatic hydroxyl groups is 1. The van der Waals surface area contributed by atoms with Crippen LogP contribution in [-0.2, 0) is 0 Å². The van der Waals surface area contributed by atoms with Crippen molar-refractivity contribution in [2.75, 3.05) is 0 Å². The van der Waals surface area contributed by atoms with Gasteiger partial charge in [-0.15, -0.1) is 0 Å². The minimum absolute atomic E-state index is 0.281. The fraction of sp³-hybridized carbons (Fsp3) is 0.647. The molecule has 1 heteroatoms. The molecule has 0 radical (unpaired) electrons. The quantitative estimate of drug-likeness (QED) is 0.635. The van der Waals surface area contributed by atoms with Gasteiger partial charge in [0.1, 0.15) is 0 Å². The maximum atomic E-state index is 10.2. The zero-order valence-electron chi connectivity index (χ0n) is 12.2. The zero-order chi connectivity index (χ0) is 13.4. The van der Waals surface area contributed by atoms with E-state index in [1.807, 2.05) is 0 Å². The molecule has 1 rings (SSSR count). The molecule has 0 saturated carbocycles. The molecule has 1 aromatic rings. The topological polar surface area (TPSA) is 20.2 Å². The fourth-order valence-electron chi connectivity index (χ4n) is 2.39. The van der Waals surface area contributed by atoms with E-state index in [2.05, 4.69) is 39.0 Å². The highest BCUT2D eigenvalue weighted by atomic mass is 16.3. The average molecular weight is 248 g/mol. The van der Waals surface area contributed by atoms with Crippen molar-refractivity contribution in [1.82, 2.24) is 0 Å². The number of aryl methyl sites for hydroxylation is 2. The third-order valence-corrected chi connectivity index (χ3v) is 3.62. The van der Waals surface area contributed by atoms with Crippen LogP contribution in [0.1, 0.15) is 74.7 Å². The number of rotatable bonds is 8. The second-order valence-electron chi connectivity index (χ2n) is 5.43. The first-order valence-corrected chi connectivity index (χ1v) is 7.40. The lowest BCUT2D eigenvalue weighted by Crippen LogP contribution is -2.00. The molecule has 0 amide bonds. The molecule has 0 spiro atoms. The van der Waals surface area contributed by atoms with E-state index in [1.54, 1.807) is 0 Å². The molecule has 1 atom stereocenters. The Morgan fingerprint density at radius 2 is 1.67 bits per heavy atom. The van der Waals surface area contributed by atoms with Gasteiger partial charge in [0.15, 0.2) is 0 Å². The highest BCUT2D eigenvalue weighted by Crippen LogP contribution is 2.24. The van der Waals surface area contributed by atoms with E-state index < -0.39 is 0 Å². The lowest BCUT2D eigenvalue weighted by atomic mass is 9.97. The number of hydrogen-bond acceptors (Lipinski definition) is 1. The van der Waals surface area contributed by atoms with Crippen molar-refractivity contribution in [3.05, 3.63) is 34.9 Å². The Morgan fingerprint density at radius 1 is 1.00 bits per heavy atom. The first kappa shape index (κ1) is 15.2. The van der Waals surface area contributed by atoms with Crippen LogP contribution in [0.3, 0.4) is 0 Å². The summed E-state index contributed by atoms with van der Waals surface area (Å²) < 4.78 is 0. The van der Waals surface area contributed by atoms with Crippen molar-refractivity contribution in [2.24, 2.45) is 0 Å². The van der Waals surface area contributed by atoms with Crippen LogP contribution in [0.25, 0.3) is 0 Å². The van der Waals surface area contributed by atoms with Gasteiger partial charge in [0.25, 0.3) is 0 Å². The first-order valence-electron chi connectivity index (χ1n) is 7.40. The SMILES string of the molecule is CCCCCCCCC(O)c1cc(C)ccc1C. The van der Waals surface area contributed by atoms with Gasteiger partial charge in [0.2, 0.25) is 0 Å². The predicted octanol–water partition coefficient (Wildman–Crippen LogP) is 5.09. The van der Waals surface area contributed by atoms with Gasteiger partial charge < -0.3 is 5.11 Å². The molecule has 0 fully saturated rings. The fourth-order valence-corrected chi connectivity index (χ4v) is 2.39. The van der Waals surface area contributed by atoms with Gasteiger partial charge in [-0.25, -0.2) is 0 Å². The molecular formula is C17H28O. The van der Waals surface area contributed by atoms with Crippen molar-refractivity contribution < 1.29 is 5.11 Å². The molecule has 0 heterocycles. The van der Waals surface area contributed by atoms with Gasteiger partial charge in [0, 0.05) is 0 Å². The van der Waals surface area contributed by atoms with E-state index in [4.69, 9.17) is 0 Å². The minimum atomic E-state index is -0.281. The summed E-state index contributed by atoms with van der Waals surface area (Å²) in [5, 5.41) is 10.2. The summed E-state index contributed by atoms with van der Waals surface area (Å²) in [7, 11) is 0. The lowest BCUT2D eigenvalue weighted by Gasteiger charge is -2.14. The van der Waals surface area contributed by atoms with Gasteiger partial charge in [0.05, 0.1) is 6.10 Å². The summed E-state index contributed by atoms with van der Waals surface area (Å²) in [4.78, 5) is 0. The van der Waals surface area contributed by atoms with Crippen LogP contribution >= 0.6 is 0 Å². The van der Waals surface area contributed by atoms with E-state index in [1.165, 1.54) is 43.2 Å². The van der Waals surface area contributed by atoms with Gasteiger partial charge in [-0.2, -0.15) is 0 Å². The van der Waals surface area contributed by atoms with Crippen molar-refractivity contribution in [2.45, 2.75) is 71.8 Å². The monoisotopic (exact) mass is 248 g/mol. The molecule has 1 aromatic carbocycles. The molecule has 0 saturated heterocycles. The number of benzene rings is 1. The van der Waals surface area contributed by atoms with E-state index in [9.17, 15) is 5.11 Å². The van der Waals surface area contributed by atoms with E-state index >= 15 is 0 Å². The molecule has 18 heavy (non-hydrogen) atoms. The first-order chi connectivity index (χ1) is 8.65. The molecule has 0 aliphatic carbocycles. The highest BCUT2D eigenvalue weighted by molar-refractivity contribution is 5.32. The van der Waals surface area contributed by atoms with Gasteiger partial charge in [-0.3, -0.25) is 0 Å². The molecule has 1 nitrogen and oxygen atoms in total. The van der Waals surface area contributed by atoms with Crippen molar-refractivity contribution >= 4 is 0 Å². The molecule has 0 aliphatic heterocycles. The van der Waals surface area contributed by atoms with E-state index in [0.29, 0.717) is 0 Å². The third kappa shape index (κ3) is 5.22. The molecule has 0 bridgehead atoms. The van der Waals surface area contributed by atoms with Crippen LogP contribution in [0, 0.1) is 13.8 Å². The summed E-state index contributed by atoms with van der Waals surface area (Å²) in [6.07, 6.45) is 8.31. The highest BCUT2D eigenvalue weighted by Gasteiger charge is 2.09. The van der Waals surface area contributed by atoms with Crippen molar-refractivity contribution in [3.63, 3.8) is 0 Å². The van der Waals surface area contributed by atoms with Crippen molar-refractivity contribution in [1.29, 1.82) is 0 Å². The van der Waals surface area contributed by atoms with Crippen LogP contribution in [0.2, 0.25) is 0 Å². The summed E-state index contributed by atoms with van der Waals surface area (Å²) in [6.45, 7) is 6.41. The minimum Gasteiger partial charge on any atom is -0.388 e. The molecule has 0 aliphatic rings. The number of unbranched alkanes of at least 4 members (excludes halogenated alkanes) is 5.